The van der Waals surface area contributed by atoms with Crippen LogP contribution in [0.4, 0.5) is 5.69 Å². The predicted molar refractivity (Wildman–Crippen MR) is 78.3 cm³/mol. The Morgan fingerprint density at radius 3 is 3.00 bits per heavy atom. The van der Waals surface area contributed by atoms with Gasteiger partial charge in [-0.25, -0.2) is 0 Å². The normalized spacial score (nSPS) is 10.0. The molecule has 0 saturated carbocycles. The topological polar surface area (TPSA) is 70.7 Å². The summed E-state index contributed by atoms with van der Waals surface area (Å²) in [5, 5.41) is 15.8. The van der Waals surface area contributed by atoms with Crippen LogP contribution in [-0.2, 0) is 11.8 Å². The summed E-state index contributed by atoms with van der Waals surface area (Å²) in [6.07, 6.45) is 4.07. The fourth-order valence-electron chi connectivity index (χ4n) is 1.64. The molecule has 0 aliphatic carbocycles. The largest absolute Gasteiger partial charge is 0.325 e. The molecule has 0 radical (unpaired) electrons. The van der Waals surface area contributed by atoms with Crippen LogP contribution in [-0.4, -0.2) is 21.4 Å². The molecular weight excluding hydrogens is 272 g/mol. The number of nitrogens with zero attached hydrogens (tertiary/aromatic N) is 3. The van der Waals surface area contributed by atoms with Crippen LogP contribution in [0.3, 0.4) is 0 Å². The Morgan fingerprint density at radius 2 is 2.30 bits per heavy atom. The van der Waals surface area contributed by atoms with E-state index in [4.69, 9.17) is 5.26 Å². The predicted octanol–water partition coefficient (Wildman–Crippen LogP) is 2.41. The second kappa shape index (κ2) is 6.78. The van der Waals surface area contributed by atoms with E-state index >= 15 is 0 Å². The van der Waals surface area contributed by atoms with Gasteiger partial charge in [-0.2, -0.15) is 10.4 Å². The molecule has 2 rings (SSSR count). The van der Waals surface area contributed by atoms with Gasteiger partial charge >= 0.3 is 0 Å². The monoisotopic (exact) mass is 286 g/mol. The zero-order valence-corrected chi connectivity index (χ0v) is 11.9. The second-order valence-corrected chi connectivity index (χ2v) is 5.32. The minimum Gasteiger partial charge on any atom is -0.325 e. The van der Waals surface area contributed by atoms with Gasteiger partial charge in [0.15, 0.2) is 0 Å². The molecule has 6 heteroatoms. The van der Waals surface area contributed by atoms with Crippen LogP contribution in [0.25, 0.3) is 0 Å². The van der Waals surface area contributed by atoms with Crippen molar-refractivity contribution in [1.29, 1.82) is 5.26 Å². The lowest BCUT2D eigenvalue weighted by molar-refractivity contribution is -0.115. The number of nitriles is 1. The molecule has 0 bridgehead atoms. The Bertz CT molecular complexity index is 645. The van der Waals surface area contributed by atoms with Crippen molar-refractivity contribution in [2.45, 2.75) is 11.3 Å². The zero-order chi connectivity index (χ0) is 14.4. The first-order valence-corrected chi connectivity index (χ1v) is 7.08. The van der Waals surface area contributed by atoms with Crippen LogP contribution in [0.5, 0.6) is 0 Å². The number of thioether (sulfide) groups is 1. The summed E-state index contributed by atoms with van der Waals surface area (Å²) in [6, 6.07) is 9.02. The summed E-state index contributed by atoms with van der Waals surface area (Å²) in [6.45, 7) is 0. The molecule has 0 saturated heterocycles. The number of para-hydroxylation sites is 1. The number of benzene rings is 1. The Morgan fingerprint density at radius 1 is 1.50 bits per heavy atom. The number of hydrogen-bond donors (Lipinski definition) is 1. The Kier molecular flexibility index (Phi) is 4.80. The van der Waals surface area contributed by atoms with Crippen LogP contribution in [0.1, 0.15) is 12.0 Å². The molecule has 0 aliphatic heterocycles. The minimum atomic E-state index is -0.0934. The molecule has 0 unspecified atom stereocenters. The Hall–Kier alpha value is -2.26. The number of carbonyl (C=O) groups excluding carboxylic acids is 1. The number of hydrogen-bond acceptors (Lipinski definition) is 4. The number of aryl methyl sites for hydroxylation is 1. The highest BCUT2D eigenvalue weighted by Crippen LogP contribution is 2.18. The smallest absolute Gasteiger partial charge is 0.225 e. The lowest BCUT2D eigenvalue weighted by Crippen LogP contribution is -2.13. The van der Waals surface area contributed by atoms with Crippen molar-refractivity contribution in [1.82, 2.24) is 9.78 Å². The summed E-state index contributed by atoms with van der Waals surface area (Å²) in [5.41, 5.74) is 1.03. The molecule has 0 fully saturated rings. The number of amides is 1. The first kappa shape index (κ1) is 14.2. The minimum absolute atomic E-state index is 0.0934. The van der Waals surface area contributed by atoms with E-state index in [0.717, 1.165) is 4.90 Å². The van der Waals surface area contributed by atoms with Gasteiger partial charge in [0, 0.05) is 30.3 Å². The third-order valence-corrected chi connectivity index (χ3v) is 3.55. The highest BCUT2D eigenvalue weighted by atomic mass is 32.2. The molecule has 2 aromatic rings. The van der Waals surface area contributed by atoms with Crippen molar-refractivity contribution in [3.63, 3.8) is 0 Å². The maximum absolute atomic E-state index is 11.8. The molecule has 0 spiro atoms. The Labute approximate surface area is 121 Å². The molecule has 20 heavy (non-hydrogen) atoms. The molecule has 1 aromatic heterocycles. The van der Waals surface area contributed by atoms with Crippen molar-refractivity contribution >= 4 is 23.4 Å². The van der Waals surface area contributed by atoms with Gasteiger partial charge in [0.1, 0.15) is 6.07 Å². The SMILES string of the molecule is Cn1cc(SCCC(=O)Nc2ccccc2C#N)cn1. The summed E-state index contributed by atoms with van der Waals surface area (Å²) in [4.78, 5) is 12.9. The number of anilines is 1. The lowest BCUT2D eigenvalue weighted by atomic mass is 10.2. The fraction of sp³-hybridized carbons (Fsp3) is 0.214. The molecule has 1 heterocycles. The van der Waals surface area contributed by atoms with Gasteiger partial charge in [-0.3, -0.25) is 9.48 Å². The van der Waals surface area contributed by atoms with Gasteiger partial charge in [-0.05, 0) is 12.1 Å². The van der Waals surface area contributed by atoms with Crippen LogP contribution in [0.15, 0.2) is 41.6 Å². The highest BCUT2D eigenvalue weighted by Gasteiger charge is 2.06. The van der Waals surface area contributed by atoms with Crippen molar-refractivity contribution in [3.8, 4) is 6.07 Å². The van der Waals surface area contributed by atoms with Crippen LogP contribution >= 0.6 is 11.8 Å². The van der Waals surface area contributed by atoms with Gasteiger partial charge in [0.05, 0.1) is 17.4 Å². The first-order chi connectivity index (χ1) is 9.69. The number of nitrogens with one attached hydrogen (secondary N) is 1. The van der Waals surface area contributed by atoms with Crippen molar-refractivity contribution in [2.75, 3.05) is 11.1 Å². The highest BCUT2D eigenvalue weighted by molar-refractivity contribution is 7.99. The molecule has 1 aromatic carbocycles. The van der Waals surface area contributed by atoms with Gasteiger partial charge in [0.2, 0.25) is 5.91 Å². The molecule has 1 amide bonds. The molecular formula is C14H14N4OS. The van der Waals surface area contributed by atoms with E-state index in [0.29, 0.717) is 23.4 Å². The summed E-state index contributed by atoms with van der Waals surface area (Å²) >= 11 is 1.58. The average Bonchev–Trinajstić information content (AvgIpc) is 2.85. The third-order valence-electron chi connectivity index (χ3n) is 2.60. The van der Waals surface area contributed by atoms with Crippen LogP contribution < -0.4 is 5.32 Å². The van der Waals surface area contributed by atoms with Gasteiger partial charge < -0.3 is 5.32 Å². The molecule has 5 nitrogen and oxygen atoms in total. The maximum Gasteiger partial charge on any atom is 0.225 e. The van der Waals surface area contributed by atoms with E-state index in [1.54, 1.807) is 46.9 Å². The lowest BCUT2D eigenvalue weighted by Gasteiger charge is -2.06. The second-order valence-electron chi connectivity index (χ2n) is 4.15. The van der Waals surface area contributed by atoms with Crippen molar-refractivity contribution in [3.05, 3.63) is 42.2 Å². The van der Waals surface area contributed by atoms with Crippen molar-refractivity contribution in [2.24, 2.45) is 7.05 Å². The summed E-state index contributed by atoms with van der Waals surface area (Å²) in [7, 11) is 1.86. The van der Waals surface area contributed by atoms with E-state index in [2.05, 4.69) is 16.5 Å². The van der Waals surface area contributed by atoms with Crippen molar-refractivity contribution < 1.29 is 4.79 Å². The van der Waals surface area contributed by atoms with Gasteiger partial charge in [0.25, 0.3) is 0 Å². The molecule has 102 valence electrons. The van der Waals surface area contributed by atoms with E-state index in [9.17, 15) is 4.79 Å². The van der Waals surface area contributed by atoms with E-state index in [1.807, 2.05) is 13.2 Å². The van der Waals surface area contributed by atoms with E-state index in [-0.39, 0.29) is 5.91 Å². The van der Waals surface area contributed by atoms with Crippen LogP contribution in [0, 0.1) is 11.3 Å². The quantitative estimate of drug-likeness (QED) is 0.857. The average molecular weight is 286 g/mol. The number of rotatable bonds is 5. The summed E-state index contributed by atoms with van der Waals surface area (Å²) in [5.74, 6) is 0.579. The molecule has 0 atom stereocenters. The van der Waals surface area contributed by atoms with Crippen LogP contribution in [0.2, 0.25) is 0 Å². The molecule has 1 N–H and O–H groups in total. The van der Waals surface area contributed by atoms with E-state index in [1.165, 1.54) is 0 Å². The number of aromatic nitrogens is 2. The zero-order valence-electron chi connectivity index (χ0n) is 11.0. The van der Waals surface area contributed by atoms with Gasteiger partial charge in [-0.1, -0.05) is 12.1 Å². The van der Waals surface area contributed by atoms with Gasteiger partial charge in [-0.15, -0.1) is 11.8 Å². The third kappa shape index (κ3) is 3.87. The first-order valence-electron chi connectivity index (χ1n) is 6.09. The molecule has 0 aliphatic rings. The maximum atomic E-state index is 11.8. The fourth-order valence-corrected chi connectivity index (χ4v) is 2.51. The number of carbonyl (C=O) groups is 1. The van der Waals surface area contributed by atoms with E-state index < -0.39 is 0 Å². The Balaban J connectivity index is 1.82. The standard InChI is InChI=1S/C14H14N4OS/c1-18-10-12(9-16-18)20-7-6-14(19)17-13-5-3-2-4-11(13)8-15/h2-5,9-10H,6-7H2,1H3,(H,17,19). The summed E-state index contributed by atoms with van der Waals surface area (Å²) < 4.78 is 1.73.